The van der Waals surface area contributed by atoms with Gasteiger partial charge in [0.15, 0.2) is 5.78 Å². The lowest BCUT2D eigenvalue weighted by atomic mass is 9.87. The number of ketones is 1. The molecule has 0 N–H and O–H groups in total. The molecule has 0 aliphatic heterocycles. The van der Waals surface area contributed by atoms with Gasteiger partial charge in [-0.25, -0.2) is 4.79 Å². The number of carbonyl (C=O) groups excluding carboxylic acids is 3. The number of ether oxygens (including phenoxy) is 2. The van der Waals surface area contributed by atoms with E-state index in [1.165, 1.54) is 19.9 Å². The average molecular weight is 457 g/mol. The molecular weight excluding hydrogens is 436 g/mol. The standard InChI is InChI=1S/C24H21ClO5S/c1-24(2,23(28)30-15-17-11-7-4-8-12-17)21(26)20-18(25)13-19(31-20)22(27)29-14-16-9-5-3-6-10-16/h3-13H,14-15H2,1-2H3. The molecule has 0 saturated heterocycles. The molecule has 0 amide bonds. The predicted molar refractivity (Wildman–Crippen MR) is 119 cm³/mol. The first-order chi connectivity index (χ1) is 14.8. The molecule has 1 heterocycles. The van der Waals surface area contributed by atoms with Crippen LogP contribution in [0.5, 0.6) is 0 Å². The molecule has 2 aromatic carbocycles. The summed E-state index contributed by atoms with van der Waals surface area (Å²) in [7, 11) is 0. The fourth-order valence-corrected chi connectivity index (χ4v) is 4.12. The largest absolute Gasteiger partial charge is 0.460 e. The van der Waals surface area contributed by atoms with Gasteiger partial charge in [-0.1, -0.05) is 72.3 Å². The summed E-state index contributed by atoms with van der Waals surface area (Å²) in [6.45, 7) is 3.12. The average Bonchev–Trinajstić information content (AvgIpc) is 3.18. The SMILES string of the molecule is CC(C)(C(=O)OCc1ccccc1)C(=O)c1sc(C(=O)OCc2ccccc2)cc1Cl. The molecular formula is C24H21ClO5S. The molecule has 0 saturated carbocycles. The lowest BCUT2D eigenvalue weighted by Gasteiger charge is -2.20. The van der Waals surface area contributed by atoms with Crippen molar-refractivity contribution in [2.75, 3.05) is 0 Å². The number of esters is 2. The summed E-state index contributed by atoms with van der Waals surface area (Å²) in [5, 5.41) is 0.102. The lowest BCUT2D eigenvalue weighted by Crippen LogP contribution is -2.34. The van der Waals surface area contributed by atoms with Crippen LogP contribution < -0.4 is 0 Å². The summed E-state index contributed by atoms with van der Waals surface area (Å²) in [4.78, 5) is 38.3. The molecule has 31 heavy (non-hydrogen) atoms. The zero-order valence-corrected chi connectivity index (χ0v) is 18.7. The highest BCUT2D eigenvalue weighted by molar-refractivity contribution is 7.16. The van der Waals surface area contributed by atoms with Crippen LogP contribution in [0.1, 0.15) is 44.3 Å². The third-order valence-electron chi connectivity index (χ3n) is 4.60. The molecule has 0 fully saturated rings. The first kappa shape index (κ1) is 22.7. The second kappa shape index (κ2) is 9.90. The Morgan fingerprint density at radius 1 is 0.871 bits per heavy atom. The molecule has 0 spiro atoms. The van der Waals surface area contributed by atoms with Crippen molar-refractivity contribution >= 4 is 40.7 Å². The van der Waals surface area contributed by atoms with E-state index in [0.717, 1.165) is 22.5 Å². The van der Waals surface area contributed by atoms with E-state index in [9.17, 15) is 14.4 Å². The van der Waals surface area contributed by atoms with Gasteiger partial charge in [0.05, 0.1) is 9.90 Å². The van der Waals surface area contributed by atoms with Gasteiger partial charge < -0.3 is 9.47 Å². The lowest BCUT2D eigenvalue weighted by molar-refractivity contribution is -0.152. The van der Waals surface area contributed by atoms with Crippen LogP contribution in [0.15, 0.2) is 66.7 Å². The number of hydrogen-bond donors (Lipinski definition) is 0. The van der Waals surface area contributed by atoms with Crippen LogP contribution in [0.2, 0.25) is 5.02 Å². The van der Waals surface area contributed by atoms with E-state index in [2.05, 4.69) is 0 Å². The van der Waals surface area contributed by atoms with Crippen molar-refractivity contribution in [3.05, 3.63) is 92.6 Å². The van der Waals surface area contributed by atoms with Crippen LogP contribution >= 0.6 is 22.9 Å². The van der Waals surface area contributed by atoms with E-state index in [1.54, 1.807) is 0 Å². The van der Waals surface area contributed by atoms with Gasteiger partial charge in [-0.3, -0.25) is 9.59 Å². The molecule has 160 valence electrons. The number of thiophene rings is 1. The maximum atomic E-state index is 13.0. The quantitative estimate of drug-likeness (QED) is 0.246. The number of halogens is 1. The Kier molecular flexibility index (Phi) is 7.25. The van der Waals surface area contributed by atoms with E-state index in [0.29, 0.717) is 0 Å². The van der Waals surface area contributed by atoms with Crippen molar-refractivity contribution < 1.29 is 23.9 Å². The minimum Gasteiger partial charge on any atom is -0.460 e. The second-order valence-electron chi connectivity index (χ2n) is 7.37. The molecule has 0 atom stereocenters. The van der Waals surface area contributed by atoms with Crippen LogP contribution in [0.3, 0.4) is 0 Å². The molecule has 0 bridgehead atoms. The number of benzene rings is 2. The Hall–Kier alpha value is -2.96. The van der Waals surface area contributed by atoms with Crippen molar-refractivity contribution in [2.24, 2.45) is 5.41 Å². The van der Waals surface area contributed by atoms with Gasteiger partial charge in [-0.15, -0.1) is 11.3 Å². The fraction of sp³-hybridized carbons (Fsp3) is 0.208. The van der Waals surface area contributed by atoms with Crippen molar-refractivity contribution in [2.45, 2.75) is 27.1 Å². The monoisotopic (exact) mass is 456 g/mol. The van der Waals surface area contributed by atoms with E-state index in [-0.39, 0.29) is 28.0 Å². The number of Topliss-reactive ketones (excluding diaryl/α,β-unsaturated/α-hetero) is 1. The zero-order valence-electron chi connectivity index (χ0n) is 17.1. The molecule has 0 unspecified atom stereocenters. The normalized spacial score (nSPS) is 11.1. The molecule has 0 radical (unpaired) electrons. The van der Waals surface area contributed by atoms with Crippen LogP contribution in [-0.2, 0) is 27.5 Å². The van der Waals surface area contributed by atoms with Crippen LogP contribution in [0.4, 0.5) is 0 Å². The highest BCUT2D eigenvalue weighted by atomic mass is 35.5. The molecule has 7 heteroatoms. The molecule has 5 nitrogen and oxygen atoms in total. The third kappa shape index (κ3) is 5.60. The minimum absolute atomic E-state index is 0.0611. The van der Waals surface area contributed by atoms with E-state index < -0.39 is 23.1 Å². The summed E-state index contributed by atoms with van der Waals surface area (Å²) in [6.07, 6.45) is 0. The Morgan fingerprint density at radius 3 is 1.94 bits per heavy atom. The van der Waals surface area contributed by atoms with E-state index in [4.69, 9.17) is 21.1 Å². The van der Waals surface area contributed by atoms with Crippen LogP contribution in [0.25, 0.3) is 0 Å². The summed E-state index contributed by atoms with van der Waals surface area (Å²) >= 11 is 7.12. The fourth-order valence-electron chi connectivity index (χ4n) is 2.70. The van der Waals surface area contributed by atoms with E-state index >= 15 is 0 Å². The summed E-state index contributed by atoms with van der Waals surface area (Å²) in [5.41, 5.74) is 0.197. The van der Waals surface area contributed by atoms with Gasteiger partial charge in [0.2, 0.25) is 0 Å². The van der Waals surface area contributed by atoms with Gasteiger partial charge in [-0.2, -0.15) is 0 Å². The van der Waals surface area contributed by atoms with Crippen molar-refractivity contribution in [3.8, 4) is 0 Å². The minimum atomic E-state index is -1.46. The Labute approximate surface area is 189 Å². The smallest absolute Gasteiger partial charge is 0.348 e. The molecule has 0 aliphatic carbocycles. The maximum Gasteiger partial charge on any atom is 0.348 e. The molecule has 3 rings (SSSR count). The highest BCUT2D eigenvalue weighted by Crippen LogP contribution is 2.34. The summed E-state index contributed by atoms with van der Waals surface area (Å²) < 4.78 is 10.6. The van der Waals surface area contributed by atoms with Gasteiger partial charge in [-0.05, 0) is 31.0 Å². The van der Waals surface area contributed by atoms with Crippen molar-refractivity contribution in [1.82, 2.24) is 0 Å². The Balaban J connectivity index is 1.66. The van der Waals surface area contributed by atoms with Gasteiger partial charge in [0.1, 0.15) is 23.5 Å². The summed E-state index contributed by atoms with van der Waals surface area (Å²) in [6, 6.07) is 19.8. The van der Waals surface area contributed by atoms with Gasteiger partial charge in [0, 0.05) is 0 Å². The van der Waals surface area contributed by atoms with Gasteiger partial charge in [0.25, 0.3) is 0 Å². The Bertz CT molecular complexity index is 1070. The van der Waals surface area contributed by atoms with Crippen LogP contribution in [0, 0.1) is 5.41 Å². The molecule has 3 aromatic rings. The highest BCUT2D eigenvalue weighted by Gasteiger charge is 2.40. The molecule has 0 aliphatic rings. The maximum absolute atomic E-state index is 13.0. The predicted octanol–water partition coefficient (Wildman–Crippen LogP) is 5.71. The van der Waals surface area contributed by atoms with Gasteiger partial charge >= 0.3 is 11.9 Å². The number of carbonyl (C=O) groups is 3. The topological polar surface area (TPSA) is 69.7 Å². The number of hydrogen-bond acceptors (Lipinski definition) is 6. The molecule has 1 aromatic heterocycles. The third-order valence-corrected chi connectivity index (χ3v) is 6.12. The van der Waals surface area contributed by atoms with Crippen molar-refractivity contribution in [1.29, 1.82) is 0 Å². The zero-order chi connectivity index (χ0) is 22.4. The Morgan fingerprint density at radius 2 is 1.39 bits per heavy atom. The summed E-state index contributed by atoms with van der Waals surface area (Å²) in [5.74, 6) is -1.76. The first-order valence-electron chi connectivity index (χ1n) is 9.55. The first-order valence-corrected chi connectivity index (χ1v) is 10.7. The number of rotatable bonds is 8. The van der Waals surface area contributed by atoms with Crippen LogP contribution in [-0.4, -0.2) is 17.7 Å². The van der Waals surface area contributed by atoms with Crippen molar-refractivity contribution in [3.63, 3.8) is 0 Å². The second-order valence-corrected chi connectivity index (χ2v) is 8.82. The van der Waals surface area contributed by atoms with E-state index in [1.807, 2.05) is 60.7 Å².